The van der Waals surface area contributed by atoms with Crippen LogP contribution in [0, 0.1) is 5.41 Å². The van der Waals surface area contributed by atoms with E-state index < -0.39 is 0 Å². The Balaban J connectivity index is 1.68. The summed E-state index contributed by atoms with van der Waals surface area (Å²) in [5, 5.41) is 0. The summed E-state index contributed by atoms with van der Waals surface area (Å²) in [6.45, 7) is 18.8. The van der Waals surface area contributed by atoms with Crippen LogP contribution in [0.4, 0.5) is 23.0 Å². The highest BCUT2D eigenvalue weighted by Crippen LogP contribution is 2.63. The van der Waals surface area contributed by atoms with E-state index in [1.165, 1.54) is 27.9 Å². The fourth-order valence-corrected chi connectivity index (χ4v) is 7.60. The molecule has 4 aromatic rings. The topological polar surface area (TPSA) is 32.3 Å². The van der Waals surface area contributed by atoms with Crippen LogP contribution >= 0.6 is 0 Å². The summed E-state index contributed by atoms with van der Waals surface area (Å²) in [7, 11) is 0. The molecule has 41 heavy (non-hydrogen) atoms. The number of hydrogen-bond donors (Lipinski definition) is 0. The standard InChI is InChI=1S/C37H44N4/c1-9-36(7)29-21-14-15-22-31(29)41-34-33(40(26-17-12-11-13-18-26)35(41)37(36,8)10-2)38-23-30(39-34)32-27(24(3)4)19-16-20-28(32)25(5)6/h11-25,35H,9-10H2,1-8H3. The van der Waals surface area contributed by atoms with Crippen molar-refractivity contribution in [3.05, 3.63) is 95.7 Å². The molecule has 0 fully saturated rings. The van der Waals surface area contributed by atoms with Gasteiger partial charge in [-0.15, -0.1) is 0 Å². The molecule has 3 heterocycles. The third-order valence-electron chi connectivity index (χ3n) is 10.4. The summed E-state index contributed by atoms with van der Waals surface area (Å²) in [5.74, 6) is 2.66. The molecular weight excluding hydrogens is 500 g/mol. The predicted octanol–water partition coefficient (Wildman–Crippen LogP) is 10.1. The van der Waals surface area contributed by atoms with Gasteiger partial charge in [0.25, 0.3) is 0 Å². The van der Waals surface area contributed by atoms with E-state index in [0.717, 1.165) is 35.9 Å². The van der Waals surface area contributed by atoms with Gasteiger partial charge < -0.3 is 9.80 Å². The summed E-state index contributed by atoms with van der Waals surface area (Å²) in [6, 6.07) is 26.5. The van der Waals surface area contributed by atoms with Crippen LogP contribution in [0.5, 0.6) is 0 Å². The van der Waals surface area contributed by atoms with Gasteiger partial charge in [-0.1, -0.05) is 110 Å². The number of hydrogen-bond acceptors (Lipinski definition) is 4. The lowest BCUT2D eigenvalue weighted by Gasteiger charge is -2.58. The molecule has 0 saturated heterocycles. The van der Waals surface area contributed by atoms with Crippen molar-refractivity contribution in [2.75, 3.05) is 9.80 Å². The van der Waals surface area contributed by atoms with Crippen LogP contribution in [-0.2, 0) is 5.41 Å². The van der Waals surface area contributed by atoms with Crippen molar-refractivity contribution >= 4 is 23.0 Å². The average molecular weight is 545 g/mol. The summed E-state index contributed by atoms with van der Waals surface area (Å²) < 4.78 is 0. The molecule has 3 aromatic carbocycles. The second-order valence-corrected chi connectivity index (χ2v) is 12.9. The van der Waals surface area contributed by atoms with Crippen LogP contribution in [0.1, 0.15) is 96.8 Å². The van der Waals surface area contributed by atoms with Gasteiger partial charge >= 0.3 is 0 Å². The summed E-state index contributed by atoms with van der Waals surface area (Å²) in [6.07, 6.45) is 4.16. The zero-order valence-corrected chi connectivity index (χ0v) is 25.9. The van der Waals surface area contributed by atoms with E-state index in [9.17, 15) is 0 Å². The molecule has 3 unspecified atom stereocenters. The Hall–Kier alpha value is -3.66. The maximum absolute atomic E-state index is 5.56. The molecule has 212 valence electrons. The molecule has 0 radical (unpaired) electrons. The lowest BCUT2D eigenvalue weighted by molar-refractivity contribution is 0.0963. The number of fused-ring (bicyclic) bond motifs is 5. The molecule has 2 aliphatic rings. The number of benzene rings is 3. The Morgan fingerprint density at radius 1 is 0.732 bits per heavy atom. The van der Waals surface area contributed by atoms with Crippen LogP contribution < -0.4 is 9.80 Å². The van der Waals surface area contributed by atoms with Crippen molar-refractivity contribution in [2.24, 2.45) is 5.41 Å². The van der Waals surface area contributed by atoms with Gasteiger partial charge in [-0.25, -0.2) is 9.97 Å². The highest BCUT2D eigenvalue weighted by Gasteiger charge is 2.61. The molecule has 0 amide bonds. The van der Waals surface area contributed by atoms with E-state index in [-0.39, 0.29) is 17.0 Å². The summed E-state index contributed by atoms with van der Waals surface area (Å²) in [4.78, 5) is 15.8. The summed E-state index contributed by atoms with van der Waals surface area (Å²) >= 11 is 0. The Morgan fingerprint density at radius 3 is 1.98 bits per heavy atom. The predicted molar refractivity (Wildman–Crippen MR) is 173 cm³/mol. The van der Waals surface area contributed by atoms with Gasteiger partial charge in [0.05, 0.1) is 11.9 Å². The highest BCUT2D eigenvalue weighted by molar-refractivity contribution is 5.88. The number of para-hydroxylation sites is 2. The van der Waals surface area contributed by atoms with E-state index in [0.29, 0.717) is 11.8 Å². The second kappa shape index (κ2) is 10.0. The van der Waals surface area contributed by atoms with Gasteiger partial charge in [-0.2, -0.15) is 0 Å². The molecule has 3 atom stereocenters. The number of nitrogens with zero attached hydrogens (tertiary/aromatic N) is 4. The minimum atomic E-state index is -0.0760. The highest BCUT2D eigenvalue weighted by atomic mass is 15.5. The molecular formula is C37H44N4. The maximum atomic E-state index is 5.56. The van der Waals surface area contributed by atoms with Crippen LogP contribution in [0.2, 0.25) is 0 Å². The van der Waals surface area contributed by atoms with E-state index in [1.54, 1.807) is 0 Å². The molecule has 0 N–H and O–H groups in total. The molecule has 6 rings (SSSR count). The number of aromatic nitrogens is 2. The summed E-state index contributed by atoms with van der Waals surface area (Å²) in [5.41, 5.74) is 8.58. The lowest BCUT2D eigenvalue weighted by Crippen LogP contribution is -2.62. The van der Waals surface area contributed by atoms with Gasteiger partial charge in [0.15, 0.2) is 11.6 Å². The lowest BCUT2D eigenvalue weighted by atomic mass is 9.55. The SMILES string of the molecule is CCC1(C)c2ccccc2N2c3nc(-c4c(C(C)C)cccc4C(C)C)cnc3N(c3ccccc3)C2C1(C)CC. The Morgan fingerprint density at radius 2 is 1.37 bits per heavy atom. The Labute approximate surface area is 246 Å². The number of anilines is 4. The Bertz CT molecular complexity index is 1550. The largest absolute Gasteiger partial charge is 0.301 e. The van der Waals surface area contributed by atoms with E-state index >= 15 is 0 Å². The molecule has 0 bridgehead atoms. The first kappa shape index (κ1) is 27.5. The molecule has 2 aliphatic heterocycles. The minimum absolute atomic E-state index is 0.0214. The first-order valence-corrected chi connectivity index (χ1v) is 15.4. The normalized spacial score (nSPS) is 23.1. The first-order valence-electron chi connectivity index (χ1n) is 15.4. The van der Waals surface area contributed by atoms with Crippen molar-refractivity contribution in [2.45, 2.75) is 91.6 Å². The number of rotatable bonds is 6. The second-order valence-electron chi connectivity index (χ2n) is 12.9. The smallest absolute Gasteiger partial charge is 0.179 e. The van der Waals surface area contributed by atoms with Gasteiger partial charge in [0.2, 0.25) is 0 Å². The van der Waals surface area contributed by atoms with Crippen molar-refractivity contribution < 1.29 is 0 Å². The van der Waals surface area contributed by atoms with Crippen LogP contribution in [0.3, 0.4) is 0 Å². The van der Waals surface area contributed by atoms with Crippen LogP contribution in [0.25, 0.3) is 11.3 Å². The molecule has 1 aromatic heterocycles. The van der Waals surface area contributed by atoms with Gasteiger partial charge in [-0.3, -0.25) is 0 Å². The zero-order valence-electron chi connectivity index (χ0n) is 25.9. The average Bonchev–Trinajstić information content (AvgIpc) is 3.35. The van der Waals surface area contributed by atoms with Crippen molar-refractivity contribution in [3.63, 3.8) is 0 Å². The van der Waals surface area contributed by atoms with Gasteiger partial charge in [0, 0.05) is 27.8 Å². The van der Waals surface area contributed by atoms with E-state index in [4.69, 9.17) is 9.97 Å². The third-order valence-corrected chi connectivity index (χ3v) is 10.4. The molecule has 0 spiro atoms. The van der Waals surface area contributed by atoms with Crippen molar-refractivity contribution in [1.29, 1.82) is 0 Å². The Kier molecular flexibility index (Phi) is 6.71. The fourth-order valence-electron chi connectivity index (χ4n) is 7.60. The first-order chi connectivity index (χ1) is 19.7. The maximum Gasteiger partial charge on any atom is 0.179 e. The third kappa shape index (κ3) is 3.86. The zero-order chi connectivity index (χ0) is 29.1. The monoisotopic (exact) mass is 544 g/mol. The van der Waals surface area contributed by atoms with E-state index in [2.05, 4.69) is 138 Å². The molecule has 4 heteroatoms. The van der Waals surface area contributed by atoms with Crippen molar-refractivity contribution in [1.82, 2.24) is 9.97 Å². The quantitative estimate of drug-likeness (QED) is 0.242. The molecule has 0 aliphatic carbocycles. The van der Waals surface area contributed by atoms with Crippen LogP contribution in [-0.4, -0.2) is 16.1 Å². The van der Waals surface area contributed by atoms with Crippen LogP contribution in [0.15, 0.2) is 79.0 Å². The minimum Gasteiger partial charge on any atom is -0.301 e. The van der Waals surface area contributed by atoms with Gasteiger partial charge in [-0.05, 0) is 59.6 Å². The molecule has 4 nitrogen and oxygen atoms in total. The fraction of sp³-hybridized carbons (Fsp3) is 0.405. The van der Waals surface area contributed by atoms with E-state index in [1.807, 2.05) is 6.20 Å². The van der Waals surface area contributed by atoms with Gasteiger partial charge in [0.1, 0.15) is 6.17 Å². The molecule has 0 saturated carbocycles. The van der Waals surface area contributed by atoms with Crippen molar-refractivity contribution in [3.8, 4) is 11.3 Å².